The summed E-state index contributed by atoms with van der Waals surface area (Å²) in [6, 6.07) is 18.0. The van der Waals surface area contributed by atoms with Crippen molar-refractivity contribution in [3.8, 4) is 10.4 Å². The summed E-state index contributed by atoms with van der Waals surface area (Å²) in [5.74, 6) is -0.0695. The maximum absolute atomic E-state index is 13.2. The number of carbonyl (C=O) groups excluding carboxylic acids is 1. The molecule has 0 saturated carbocycles. The van der Waals surface area contributed by atoms with Gasteiger partial charge < -0.3 is 4.90 Å². The van der Waals surface area contributed by atoms with Gasteiger partial charge in [-0.1, -0.05) is 23.7 Å². The van der Waals surface area contributed by atoms with E-state index in [-0.39, 0.29) is 23.9 Å². The van der Waals surface area contributed by atoms with E-state index in [4.69, 9.17) is 11.6 Å². The predicted molar refractivity (Wildman–Crippen MR) is 131 cm³/mol. The van der Waals surface area contributed by atoms with Crippen molar-refractivity contribution in [1.82, 2.24) is 14.2 Å². The number of thiophene rings is 1. The molecule has 0 bridgehead atoms. The van der Waals surface area contributed by atoms with Crippen molar-refractivity contribution >= 4 is 49.6 Å². The van der Waals surface area contributed by atoms with Gasteiger partial charge >= 0.3 is 0 Å². The van der Waals surface area contributed by atoms with Gasteiger partial charge in [0, 0.05) is 48.5 Å². The highest BCUT2D eigenvalue weighted by molar-refractivity contribution is 7.89. The van der Waals surface area contributed by atoms with Crippen LogP contribution in [0.1, 0.15) is 9.67 Å². The van der Waals surface area contributed by atoms with Gasteiger partial charge in [0.25, 0.3) is 5.91 Å². The average molecular weight is 498 g/mol. The Bertz CT molecular complexity index is 1430. The summed E-state index contributed by atoms with van der Waals surface area (Å²) in [5.41, 5.74) is 1.02. The molecule has 2 aromatic carbocycles. The number of halogens is 1. The highest BCUT2D eigenvalue weighted by Gasteiger charge is 2.31. The average Bonchev–Trinajstić information content (AvgIpc) is 3.34. The number of amides is 1. The molecular formula is C24H20ClN3O3S2. The molecule has 1 aliphatic rings. The van der Waals surface area contributed by atoms with Crippen LogP contribution in [0, 0.1) is 0 Å². The van der Waals surface area contributed by atoms with Crippen LogP contribution in [0.25, 0.3) is 21.2 Å². The first-order valence-corrected chi connectivity index (χ1v) is 13.0. The smallest absolute Gasteiger partial charge is 0.264 e. The van der Waals surface area contributed by atoms with Gasteiger partial charge in [-0.25, -0.2) is 8.42 Å². The summed E-state index contributed by atoms with van der Waals surface area (Å²) in [6.45, 7) is 1.22. The number of carbonyl (C=O) groups is 1. The van der Waals surface area contributed by atoms with E-state index in [1.165, 1.54) is 15.6 Å². The fourth-order valence-electron chi connectivity index (χ4n) is 3.92. The topological polar surface area (TPSA) is 70.6 Å². The Morgan fingerprint density at radius 2 is 1.58 bits per heavy atom. The molecule has 1 amide bonds. The summed E-state index contributed by atoms with van der Waals surface area (Å²) in [7, 11) is -3.65. The van der Waals surface area contributed by atoms with Gasteiger partial charge in [0.15, 0.2) is 0 Å². The number of aromatic nitrogens is 1. The largest absolute Gasteiger partial charge is 0.335 e. The van der Waals surface area contributed by atoms with Crippen LogP contribution in [0.5, 0.6) is 0 Å². The molecule has 0 atom stereocenters. The third-order valence-corrected chi connectivity index (χ3v) is 8.97. The van der Waals surface area contributed by atoms with Crippen LogP contribution in [0.4, 0.5) is 0 Å². The van der Waals surface area contributed by atoms with Crippen LogP contribution < -0.4 is 0 Å². The Hall–Kier alpha value is -2.78. The predicted octanol–water partition coefficient (Wildman–Crippen LogP) is 4.76. The second kappa shape index (κ2) is 8.87. The van der Waals surface area contributed by atoms with Crippen LogP contribution >= 0.6 is 22.9 Å². The second-order valence-electron chi connectivity index (χ2n) is 7.75. The minimum Gasteiger partial charge on any atom is -0.335 e. The lowest BCUT2D eigenvalue weighted by atomic mass is 10.1. The number of hydrogen-bond donors (Lipinski definition) is 0. The Morgan fingerprint density at radius 1 is 0.879 bits per heavy atom. The zero-order valence-electron chi connectivity index (χ0n) is 17.5. The van der Waals surface area contributed by atoms with E-state index >= 15 is 0 Å². The lowest BCUT2D eigenvalue weighted by molar-refractivity contribution is 0.0703. The molecule has 0 spiro atoms. The van der Waals surface area contributed by atoms with Crippen LogP contribution in [0.2, 0.25) is 5.02 Å². The van der Waals surface area contributed by atoms with Gasteiger partial charge in [0.05, 0.1) is 9.77 Å². The molecule has 1 aliphatic heterocycles. The molecule has 0 unspecified atom stereocenters. The van der Waals surface area contributed by atoms with Crippen molar-refractivity contribution in [1.29, 1.82) is 0 Å². The highest BCUT2D eigenvalue weighted by Crippen LogP contribution is 2.29. The zero-order valence-corrected chi connectivity index (χ0v) is 19.9. The van der Waals surface area contributed by atoms with Crippen LogP contribution in [-0.4, -0.2) is 54.7 Å². The Kier molecular flexibility index (Phi) is 5.92. The summed E-state index contributed by atoms with van der Waals surface area (Å²) in [5, 5.41) is 2.31. The van der Waals surface area contributed by atoms with Gasteiger partial charge in [-0.15, -0.1) is 11.3 Å². The summed E-state index contributed by atoms with van der Waals surface area (Å²) < 4.78 is 27.8. The molecule has 2 aromatic heterocycles. The molecule has 0 aliphatic carbocycles. The van der Waals surface area contributed by atoms with Crippen molar-refractivity contribution < 1.29 is 13.2 Å². The molecule has 1 fully saturated rings. The molecule has 9 heteroatoms. The highest BCUT2D eigenvalue weighted by atomic mass is 35.5. The Balaban J connectivity index is 1.28. The van der Waals surface area contributed by atoms with E-state index in [2.05, 4.69) is 4.98 Å². The first kappa shape index (κ1) is 22.0. The number of pyridine rings is 1. The second-order valence-corrected chi connectivity index (χ2v) is 11.2. The van der Waals surface area contributed by atoms with E-state index < -0.39 is 10.0 Å². The van der Waals surface area contributed by atoms with E-state index in [1.807, 2.05) is 36.4 Å². The molecule has 0 N–H and O–H groups in total. The maximum Gasteiger partial charge on any atom is 0.264 e. The fraction of sp³-hybridized carbons (Fsp3) is 0.167. The minimum absolute atomic E-state index is 0.0695. The number of hydrogen-bond acceptors (Lipinski definition) is 5. The molecule has 4 aromatic rings. The molecule has 168 valence electrons. The molecule has 5 rings (SSSR count). The van der Waals surface area contributed by atoms with Crippen LogP contribution in [0.3, 0.4) is 0 Å². The number of rotatable bonds is 4. The summed E-state index contributed by atoms with van der Waals surface area (Å²) in [6.07, 6.45) is 3.45. The molecule has 3 heterocycles. The number of fused-ring (bicyclic) bond motifs is 1. The van der Waals surface area contributed by atoms with Crippen molar-refractivity contribution in [2.75, 3.05) is 26.2 Å². The molecule has 1 saturated heterocycles. The summed E-state index contributed by atoms with van der Waals surface area (Å²) >= 11 is 7.46. The van der Waals surface area contributed by atoms with E-state index in [1.54, 1.807) is 41.6 Å². The monoisotopic (exact) mass is 497 g/mol. The van der Waals surface area contributed by atoms with Gasteiger partial charge in [-0.05, 0) is 64.9 Å². The van der Waals surface area contributed by atoms with Gasteiger partial charge in [-0.3, -0.25) is 9.78 Å². The van der Waals surface area contributed by atoms with Crippen molar-refractivity contribution in [3.63, 3.8) is 0 Å². The normalized spacial score (nSPS) is 15.1. The van der Waals surface area contributed by atoms with Crippen LogP contribution in [-0.2, 0) is 10.0 Å². The number of nitrogens with zero attached hydrogens (tertiary/aromatic N) is 3. The van der Waals surface area contributed by atoms with Crippen molar-refractivity contribution in [3.05, 3.63) is 83.0 Å². The van der Waals surface area contributed by atoms with Crippen LogP contribution in [0.15, 0.2) is 78.0 Å². The first-order valence-electron chi connectivity index (χ1n) is 10.4. The molecule has 0 radical (unpaired) electrons. The van der Waals surface area contributed by atoms with E-state index in [0.717, 1.165) is 21.2 Å². The molecule has 6 nitrogen and oxygen atoms in total. The lowest BCUT2D eigenvalue weighted by Gasteiger charge is -2.33. The number of piperazine rings is 1. The quantitative estimate of drug-likeness (QED) is 0.407. The van der Waals surface area contributed by atoms with Gasteiger partial charge in [-0.2, -0.15) is 4.31 Å². The zero-order chi connectivity index (χ0) is 23.0. The standard InChI is InChI=1S/C24H20ClN3O3S2/c25-20-3-1-19-16-21(4-2-18(19)15-20)33(30,31)28-13-11-27(12-14-28)24(29)23-6-5-22(32-23)17-7-9-26-10-8-17/h1-10,15-16H,11-14H2. The van der Waals surface area contributed by atoms with Gasteiger partial charge in [0.2, 0.25) is 10.0 Å². The summed E-state index contributed by atoms with van der Waals surface area (Å²) in [4.78, 5) is 20.6. The van der Waals surface area contributed by atoms with E-state index in [9.17, 15) is 13.2 Å². The van der Waals surface area contributed by atoms with Crippen molar-refractivity contribution in [2.24, 2.45) is 0 Å². The molecule has 33 heavy (non-hydrogen) atoms. The third-order valence-electron chi connectivity index (χ3n) is 5.72. The van der Waals surface area contributed by atoms with Gasteiger partial charge in [0.1, 0.15) is 0 Å². The minimum atomic E-state index is -3.65. The Labute approximate surface area is 201 Å². The Morgan fingerprint density at radius 3 is 2.33 bits per heavy atom. The lowest BCUT2D eigenvalue weighted by Crippen LogP contribution is -2.50. The number of sulfonamides is 1. The first-order chi connectivity index (χ1) is 15.9. The SMILES string of the molecule is O=C(c1ccc(-c2ccncc2)s1)N1CCN(S(=O)(=O)c2ccc3cc(Cl)ccc3c2)CC1. The van der Waals surface area contributed by atoms with E-state index in [0.29, 0.717) is 23.0 Å². The third kappa shape index (κ3) is 4.39. The maximum atomic E-state index is 13.2. The molecular weight excluding hydrogens is 478 g/mol. The van der Waals surface area contributed by atoms with Crippen molar-refractivity contribution in [2.45, 2.75) is 4.90 Å². The fourth-order valence-corrected chi connectivity index (χ4v) is 6.53. The number of benzene rings is 2.